The first-order valence-corrected chi connectivity index (χ1v) is 13.0. The molecule has 4 amide bonds. The molecule has 2 N–H and O–H groups in total. The Kier molecular flexibility index (Phi) is 9.72. The third-order valence-electron chi connectivity index (χ3n) is 7.05. The summed E-state index contributed by atoms with van der Waals surface area (Å²) < 4.78 is 39.9. The van der Waals surface area contributed by atoms with Crippen molar-refractivity contribution < 1.29 is 32.6 Å². The maximum Gasteiger partial charge on any atom is 0.409 e. The fraction of sp³-hybridized carbons (Fsp3) is 0.444. The van der Waals surface area contributed by atoms with Crippen LogP contribution in [0.3, 0.4) is 0 Å². The number of piperazine rings is 2. The molecule has 216 valence electrons. The van der Waals surface area contributed by atoms with Gasteiger partial charge in [0.15, 0.2) is 11.6 Å². The molecule has 2 heterocycles. The molecular weight excluding hydrogens is 526 g/mol. The number of benzene rings is 2. The van der Waals surface area contributed by atoms with Gasteiger partial charge in [-0.2, -0.15) is 0 Å². The lowest BCUT2D eigenvalue weighted by Gasteiger charge is -2.33. The van der Waals surface area contributed by atoms with E-state index in [0.717, 1.165) is 0 Å². The summed E-state index contributed by atoms with van der Waals surface area (Å²) in [5.41, 5.74) is 0.737. The van der Waals surface area contributed by atoms with Gasteiger partial charge in [0.25, 0.3) is 0 Å². The fourth-order valence-electron chi connectivity index (χ4n) is 4.79. The molecule has 0 radical (unpaired) electrons. The maximum absolute atomic E-state index is 15.2. The van der Waals surface area contributed by atoms with Crippen molar-refractivity contribution in [3.05, 3.63) is 59.2 Å². The monoisotopic (exact) mass is 560 g/mol. The Morgan fingerprint density at radius 3 is 1.40 bits per heavy atom. The van der Waals surface area contributed by atoms with Crippen LogP contribution in [0.1, 0.15) is 11.1 Å². The average Bonchev–Trinajstić information content (AvgIpc) is 2.97. The van der Waals surface area contributed by atoms with E-state index >= 15 is 8.78 Å². The smallest absolute Gasteiger partial charge is 0.409 e. The summed E-state index contributed by atoms with van der Waals surface area (Å²) in [4.78, 5) is 43.2. The molecule has 2 fully saturated rings. The van der Waals surface area contributed by atoms with Crippen molar-refractivity contribution in [2.75, 3.05) is 77.2 Å². The minimum Gasteiger partial charge on any atom is -0.453 e. The highest BCUT2D eigenvalue weighted by Crippen LogP contribution is 2.23. The van der Waals surface area contributed by atoms with Crippen LogP contribution < -0.4 is 10.6 Å². The summed E-state index contributed by atoms with van der Waals surface area (Å²) in [6.45, 7) is 4.75. The molecule has 0 saturated carbocycles. The molecule has 0 atom stereocenters. The summed E-state index contributed by atoms with van der Waals surface area (Å²) >= 11 is 0. The van der Waals surface area contributed by atoms with E-state index in [4.69, 9.17) is 9.47 Å². The Balaban J connectivity index is 1.32. The number of nitrogens with zero attached hydrogens (tertiary/aromatic N) is 4. The van der Waals surface area contributed by atoms with Crippen LogP contribution >= 0.6 is 0 Å². The predicted octanol–water partition coefficient (Wildman–Crippen LogP) is 3.38. The molecule has 13 heteroatoms. The van der Waals surface area contributed by atoms with Gasteiger partial charge < -0.3 is 29.9 Å². The number of carbonyl (C=O) groups excluding carboxylic acids is 3. The molecule has 2 aromatic carbocycles. The van der Waals surface area contributed by atoms with Crippen LogP contribution in [0.5, 0.6) is 0 Å². The summed E-state index contributed by atoms with van der Waals surface area (Å²) in [7, 11) is 2.67. The third kappa shape index (κ3) is 7.16. The van der Waals surface area contributed by atoms with Crippen molar-refractivity contribution in [1.29, 1.82) is 0 Å². The van der Waals surface area contributed by atoms with E-state index < -0.39 is 17.7 Å². The fourth-order valence-corrected chi connectivity index (χ4v) is 4.79. The van der Waals surface area contributed by atoms with Crippen molar-refractivity contribution in [2.24, 2.45) is 0 Å². The number of nitrogens with one attached hydrogen (secondary N) is 2. The quantitative estimate of drug-likeness (QED) is 0.558. The lowest BCUT2D eigenvalue weighted by molar-refractivity contribution is 0.0880. The Labute approximate surface area is 231 Å². The number of ether oxygens (including phenoxy) is 2. The molecule has 0 unspecified atom stereocenters. The van der Waals surface area contributed by atoms with E-state index in [1.165, 1.54) is 26.4 Å². The number of hydrogen-bond acceptors (Lipinski definition) is 7. The van der Waals surface area contributed by atoms with Gasteiger partial charge in [0, 0.05) is 76.6 Å². The minimum atomic E-state index is -0.773. The second-order valence-electron chi connectivity index (χ2n) is 9.60. The van der Waals surface area contributed by atoms with Crippen LogP contribution in [-0.4, -0.2) is 104 Å². The normalized spacial score (nSPS) is 16.4. The van der Waals surface area contributed by atoms with Gasteiger partial charge in [-0.05, 0) is 12.1 Å². The highest BCUT2D eigenvalue weighted by atomic mass is 19.1. The standard InChI is InChI=1S/C27H34F2N6O5/c1-39-26(37)34-13-9-32(10-14-34)17-19-5-3-7-21(23(19)28)30-25(36)31-22-8-4-6-20(24(22)29)18-33-11-15-35(16-12-33)27(38)40-2/h3-8H,9-18H2,1-2H3,(H2,30,31,36). The number of amides is 4. The number of carbonyl (C=O) groups is 3. The van der Waals surface area contributed by atoms with Crippen molar-refractivity contribution in [3.63, 3.8) is 0 Å². The van der Waals surface area contributed by atoms with E-state index in [-0.39, 0.29) is 23.6 Å². The van der Waals surface area contributed by atoms with Gasteiger partial charge in [0.1, 0.15) is 0 Å². The van der Waals surface area contributed by atoms with Crippen LogP contribution in [-0.2, 0) is 22.6 Å². The first-order chi connectivity index (χ1) is 19.3. The third-order valence-corrected chi connectivity index (χ3v) is 7.05. The van der Waals surface area contributed by atoms with Crippen molar-refractivity contribution in [1.82, 2.24) is 19.6 Å². The Hall–Kier alpha value is -3.97. The van der Waals surface area contributed by atoms with E-state index in [2.05, 4.69) is 10.6 Å². The summed E-state index contributed by atoms with van der Waals surface area (Å²) in [6.07, 6.45) is -0.771. The van der Waals surface area contributed by atoms with Crippen LogP contribution in [0.15, 0.2) is 36.4 Å². The Bertz CT molecular complexity index is 1120. The number of rotatable bonds is 6. The molecule has 2 aliphatic rings. The largest absolute Gasteiger partial charge is 0.453 e. The summed E-state index contributed by atoms with van der Waals surface area (Å²) in [6, 6.07) is 8.66. The summed E-state index contributed by atoms with van der Waals surface area (Å²) in [5.74, 6) is -1.15. The van der Waals surface area contributed by atoms with Crippen LogP contribution in [0.25, 0.3) is 0 Å². The molecule has 0 aromatic heterocycles. The molecule has 2 aliphatic heterocycles. The molecule has 4 rings (SSSR count). The van der Waals surface area contributed by atoms with Gasteiger partial charge in [-0.15, -0.1) is 0 Å². The zero-order chi connectivity index (χ0) is 28.6. The average molecular weight is 561 g/mol. The van der Waals surface area contributed by atoms with Gasteiger partial charge in [-0.1, -0.05) is 24.3 Å². The Morgan fingerprint density at radius 2 is 1.05 bits per heavy atom. The number of methoxy groups -OCH3 is 2. The molecular formula is C27H34F2N6O5. The van der Waals surface area contributed by atoms with Crippen LogP contribution in [0, 0.1) is 11.6 Å². The molecule has 0 bridgehead atoms. The van der Waals surface area contributed by atoms with E-state index in [1.54, 1.807) is 34.1 Å². The first kappa shape index (κ1) is 29.0. The molecule has 0 spiro atoms. The predicted molar refractivity (Wildman–Crippen MR) is 144 cm³/mol. The van der Waals surface area contributed by atoms with Gasteiger partial charge in [0.05, 0.1) is 25.6 Å². The van der Waals surface area contributed by atoms with E-state index in [1.807, 2.05) is 9.80 Å². The zero-order valence-electron chi connectivity index (χ0n) is 22.6. The van der Waals surface area contributed by atoms with Gasteiger partial charge in [-0.3, -0.25) is 9.80 Å². The molecule has 2 saturated heterocycles. The number of anilines is 2. The van der Waals surface area contributed by atoms with Crippen LogP contribution in [0.2, 0.25) is 0 Å². The van der Waals surface area contributed by atoms with Gasteiger partial charge >= 0.3 is 18.2 Å². The van der Waals surface area contributed by atoms with Crippen LogP contribution in [0.4, 0.5) is 34.5 Å². The van der Waals surface area contributed by atoms with E-state index in [9.17, 15) is 14.4 Å². The molecule has 0 aliphatic carbocycles. The highest BCUT2D eigenvalue weighted by Gasteiger charge is 2.24. The van der Waals surface area contributed by atoms with E-state index in [0.29, 0.717) is 76.6 Å². The van der Waals surface area contributed by atoms with Crippen molar-refractivity contribution >= 4 is 29.6 Å². The number of hydrogen-bond donors (Lipinski definition) is 2. The SMILES string of the molecule is COC(=O)N1CCN(Cc2cccc(NC(=O)Nc3cccc(CN4CCN(C(=O)OC)CC4)c3F)c2F)CC1. The van der Waals surface area contributed by atoms with Gasteiger partial charge in [0.2, 0.25) is 0 Å². The summed E-state index contributed by atoms with van der Waals surface area (Å²) in [5, 5.41) is 4.95. The molecule has 40 heavy (non-hydrogen) atoms. The van der Waals surface area contributed by atoms with Crippen molar-refractivity contribution in [3.8, 4) is 0 Å². The second-order valence-corrected chi connectivity index (χ2v) is 9.60. The number of halogens is 2. The molecule has 11 nitrogen and oxygen atoms in total. The zero-order valence-corrected chi connectivity index (χ0v) is 22.6. The first-order valence-electron chi connectivity index (χ1n) is 13.0. The number of urea groups is 1. The second kappa shape index (κ2) is 13.4. The maximum atomic E-state index is 15.2. The lowest BCUT2D eigenvalue weighted by atomic mass is 10.1. The topological polar surface area (TPSA) is 107 Å². The molecule has 2 aromatic rings. The van der Waals surface area contributed by atoms with Gasteiger partial charge in [-0.25, -0.2) is 23.2 Å². The highest BCUT2D eigenvalue weighted by molar-refractivity contribution is 6.00. The minimum absolute atomic E-state index is 0.0248. The Morgan fingerprint density at radius 1 is 0.675 bits per heavy atom. The lowest BCUT2D eigenvalue weighted by Crippen LogP contribution is -2.48. The van der Waals surface area contributed by atoms with Crippen molar-refractivity contribution in [2.45, 2.75) is 13.1 Å².